The number of hydrogen-bond acceptors (Lipinski definition) is 2. The SMILES string of the molecule is CC(O)CC(F)(F)C(O)(F)F. The molecular weight excluding hydrogens is 168 g/mol. The van der Waals surface area contributed by atoms with Gasteiger partial charge in [-0.3, -0.25) is 0 Å². The molecule has 1 unspecified atom stereocenters. The average Bonchev–Trinajstić information content (AvgIpc) is 1.56. The van der Waals surface area contributed by atoms with E-state index in [0.29, 0.717) is 0 Å². The molecule has 0 bridgehead atoms. The van der Waals surface area contributed by atoms with Gasteiger partial charge in [-0.1, -0.05) is 0 Å². The summed E-state index contributed by atoms with van der Waals surface area (Å²) in [5, 5.41) is 15.9. The van der Waals surface area contributed by atoms with E-state index in [1.54, 1.807) is 0 Å². The van der Waals surface area contributed by atoms with Gasteiger partial charge in [-0.15, -0.1) is 0 Å². The fraction of sp³-hybridized carbons (Fsp3) is 1.00. The minimum atomic E-state index is -5.07. The van der Waals surface area contributed by atoms with E-state index in [4.69, 9.17) is 10.2 Å². The minimum absolute atomic E-state index is 0.930. The largest absolute Gasteiger partial charge is 0.417 e. The van der Waals surface area contributed by atoms with Crippen molar-refractivity contribution in [1.29, 1.82) is 0 Å². The van der Waals surface area contributed by atoms with Crippen LogP contribution < -0.4 is 0 Å². The Kier molecular flexibility index (Phi) is 2.85. The van der Waals surface area contributed by atoms with Crippen LogP contribution in [0.15, 0.2) is 0 Å². The zero-order valence-electron chi connectivity index (χ0n) is 5.69. The zero-order valence-corrected chi connectivity index (χ0v) is 5.69. The fourth-order valence-corrected chi connectivity index (χ4v) is 0.494. The standard InChI is InChI=1S/C5H8F4O2/c1-3(10)2-4(6,7)5(8,9)11/h3,10-11H,2H2,1H3. The Bertz CT molecular complexity index is 129. The molecule has 0 aromatic heterocycles. The van der Waals surface area contributed by atoms with Gasteiger partial charge in [0.1, 0.15) is 0 Å². The smallest absolute Gasteiger partial charge is 0.393 e. The first-order chi connectivity index (χ1) is 4.67. The molecule has 2 N–H and O–H groups in total. The lowest BCUT2D eigenvalue weighted by atomic mass is 10.1. The summed E-state index contributed by atoms with van der Waals surface area (Å²) in [6, 6.07) is 0. The maximum absolute atomic E-state index is 12.0. The molecule has 0 spiro atoms. The van der Waals surface area contributed by atoms with Crippen LogP contribution in [0.25, 0.3) is 0 Å². The van der Waals surface area contributed by atoms with Crippen molar-refractivity contribution in [2.24, 2.45) is 0 Å². The second kappa shape index (κ2) is 2.94. The van der Waals surface area contributed by atoms with E-state index in [2.05, 4.69) is 0 Å². The van der Waals surface area contributed by atoms with Crippen molar-refractivity contribution in [3.05, 3.63) is 0 Å². The molecule has 1 atom stereocenters. The molecule has 0 rings (SSSR count). The van der Waals surface area contributed by atoms with E-state index in [0.717, 1.165) is 6.92 Å². The summed E-state index contributed by atoms with van der Waals surface area (Å²) in [5.41, 5.74) is 0. The van der Waals surface area contributed by atoms with Gasteiger partial charge < -0.3 is 10.2 Å². The zero-order chi connectivity index (χ0) is 9.28. The molecule has 0 saturated heterocycles. The van der Waals surface area contributed by atoms with Crippen LogP contribution >= 0.6 is 0 Å². The minimum Gasteiger partial charge on any atom is -0.393 e. The summed E-state index contributed by atoms with van der Waals surface area (Å²) in [5.74, 6) is -4.57. The number of hydrogen-bond donors (Lipinski definition) is 2. The van der Waals surface area contributed by atoms with Crippen molar-refractivity contribution in [1.82, 2.24) is 0 Å². The van der Waals surface area contributed by atoms with Crippen LogP contribution in [-0.2, 0) is 0 Å². The Hall–Kier alpha value is -0.360. The van der Waals surface area contributed by atoms with E-state index in [-0.39, 0.29) is 0 Å². The van der Waals surface area contributed by atoms with Crippen molar-refractivity contribution < 1.29 is 27.8 Å². The van der Waals surface area contributed by atoms with Crippen LogP contribution in [0.1, 0.15) is 13.3 Å². The lowest BCUT2D eigenvalue weighted by Crippen LogP contribution is -2.42. The van der Waals surface area contributed by atoms with Crippen molar-refractivity contribution in [3.63, 3.8) is 0 Å². The molecule has 0 aromatic carbocycles. The maximum atomic E-state index is 12.0. The Labute approximate surface area is 60.4 Å². The van der Waals surface area contributed by atoms with Gasteiger partial charge in [-0.05, 0) is 6.92 Å². The van der Waals surface area contributed by atoms with Gasteiger partial charge >= 0.3 is 12.0 Å². The normalized spacial score (nSPS) is 16.6. The molecule has 0 aliphatic heterocycles. The molecule has 11 heavy (non-hydrogen) atoms. The summed E-state index contributed by atoms with van der Waals surface area (Å²) in [6.07, 6.45) is -8.11. The molecule has 0 saturated carbocycles. The summed E-state index contributed by atoms with van der Waals surface area (Å²) >= 11 is 0. The van der Waals surface area contributed by atoms with Crippen molar-refractivity contribution in [2.45, 2.75) is 31.5 Å². The van der Waals surface area contributed by atoms with Gasteiger partial charge in [0, 0.05) is 6.42 Å². The third-order valence-electron chi connectivity index (χ3n) is 0.992. The first-order valence-electron chi connectivity index (χ1n) is 2.83. The lowest BCUT2D eigenvalue weighted by molar-refractivity contribution is -0.331. The lowest BCUT2D eigenvalue weighted by Gasteiger charge is -2.22. The van der Waals surface area contributed by atoms with Crippen LogP contribution in [0.5, 0.6) is 0 Å². The predicted octanol–water partition coefficient (Wildman–Crippen LogP) is 0.978. The predicted molar refractivity (Wildman–Crippen MR) is 28.4 cm³/mol. The van der Waals surface area contributed by atoms with E-state index < -0.39 is 24.6 Å². The molecule has 2 nitrogen and oxygen atoms in total. The molecule has 0 aromatic rings. The summed E-state index contributed by atoms with van der Waals surface area (Å²) in [4.78, 5) is 0. The van der Waals surface area contributed by atoms with Crippen LogP contribution in [0.2, 0.25) is 0 Å². The van der Waals surface area contributed by atoms with Gasteiger partial charge in [0.05, 0.1) is 6.10 Å². The van der Waals surface area contributed by atoms with E-state index in [9.17, 15) is 17.6 Å². The molecule has 68 valence electrons. The van der Waals surface area contributed by atoms with Gasteiger partial charge in [-0.2, -0.15) is 17.6 Å². The molecule has 0 amide bonds. The van der Waals surface area contributed by atoms with Crippen molar-refractivity contribution in [2.75, 3.05) is 0 Å². The van der Waals surface area contributed by atoms with Crippen molar-refractivity contribution in [3.8, 4) is 0 Å². The number of rotatable bonds is 3. The molecular formula is C5H8F4O2. The number of aliphatic hydroxyl groups is 2. The van der Waals surface area contributed by atoms with Crippen LogP contribution in [-0.4, -0.2) is 28.3 Å². The summed E-state index contributed by atoms with van der Waals surface area (Å²) < 4.78 is 47.2. The highest BCUT2D eigenvalue weighted by molar-refractivity contribution is 4.76. The van der Waals surface area contributed by atoms with Gasteiger partial charge in [0.15, 0.2) is 0 Å². The van der Waals surface area contributed by atoms with Gasteiger partial charge in [0.2, 0.25) is 0 Å². The van der Waals surface area contributed by atoms with E-state index in [1.807, 2.05) is 0 Å². The maximum Gasteiger partial charge on any atom is 0.417 e. The van der Waals surface area contributed by atoms with Crippen molar-refractivity contribution >= 4 is 0 Å². The Morgan fingerprint density at radius 1 is 1.27 bits per heavy atom. The highest BCUT2D eigenvalue weighted by atomic mass is 19.3. The molecule has 0 aliphatic carbocycles. The molecule has 0 heterocycles. The second-order valence-corrected chi connectivity index (χ2v) is 2.30. The number of halogens is 4. The molecule has 0 fully saturated rings. The Morgan fingerprint density at radius 2 is 1.64 bits per heavy atom. The van der Waals surface area contributed by atoms with Gasteiger partial charge in [-0.25, -0.2) is 0 Å². The Balaban J connectivity index is 4.22. The summed E-state index contributed by atoms with van der Waals surface area (Å²) in [6.45, 7) is 0.930. The highest BCUT2D eigenvalue weighted by Crippen LogP contribution is 2.35. The first kappa shape index (κ1) is 10.6. The third-order valence-corrected chi connectivity index (χ3v) is 0.992. The quantitative estimate of drug-likeness (QED) is 0.629. The van der Waals surface area contributed by atoms with Crippen LogP contribution in [0.3, 0.4) is 0 Å². The highest BCUT2D eigenvalue weighted by Gasteiger charge is 2.55. The fourth-order valence-electron chi connectivity index (χ4n) is 0.494. The molecule has 0 radical (unpaired) electrons. The summed E-state index contributed by atoms with van der Waals surface area (Å²) in [7, 11) is 0. The topological polar surface area (TPSA) is 40.5 Å². The number of alkyl halides is 4. The third kappa shape index (κ3) is 3.02. The number of aliphatic hydroxyl groups excluding tert-OH is 1. The van der Waals surface area contributed by atoms with Crippen LogP contribution in [0, 0.1) is 0 Å². The monoisotopic (exact) mass is 176 g/mol. The van der Waals surface area contributed by atoms with Gasteiger partial charge in [0.25, 0.3) is 0 Å². The Morgan fingerprint density at radius 3 is 1.73 bits per heavy atom. The molecule has 6 heteroatoms. The first-order valence-corrected chi connectivity index (χ1v) is 2.83. The molecule has 0 aliphatic rings. The van der Waals surface area contributed by atoms with E-state index in [1.165, 1.54) is 0 Å². The average molecular weight is 176 g/mol. The second-order valence-electron chi connectivity index (χ2n) is 2.30. The van der Waals surface area contributed by atoms with E-state index >= 15 is 0 Å². The van der Waals surface area contributed by atoms with Crippen LogP contribution in [0.4, 0.5) is 17.6 Å².